The van der Waals surface area contributed by atoms with E-state index >= 15 is 0 Å². The van der Waals surface area contributed by atoms with Crippen molar-refractivity contribution >= 4 is 5.78 Å². The molecule has 0 aliphatic carbocycles. The molecule has 17 heavy (non-hydrogen) atoms. The number of hydrogen-bond donors (Lipinski definition) is 1. The van der Waals surface area contributed by atoms with Crippen LogP contribution in [0.2, 0.25) is 0 Å². The topological polar surface area (TPSA) is 50.2 Å². The molecule has 2 rings (SSSR count). The van der Waals surface area contributed by atoms with Crippen LogP contribution in [0, 0.1) is 0 Å². The van der Waals surface area contributed by atoms with Crippen molar-refractivity contribution in [1.82, 2.24) is 20.0 Å². The fourth-order valence-corrected chi connectivity index (χ4v) is 2.11. The van der Waals surface area contributed by atoms with E-state index in [1.54, 1.807) is 6.20 Å². The molecule has 1 N–H and O–H groups in total. The minimum atomic E-state index is 0.327. The lowest BCUT2D eigenvalue weighted by molar-refractivity contribution is -0.120. The maximum absolute atomic E-state index is 11.8. The number of ketones is 1. The molecule has 5 heteroatoms. The Balaban J connectivity index is 1.72. The van der Waals surface area contributed by atoms with Crippen LogP contribution in [0.1, 0.15) is 12.1 Å². The summed E-state index contributed by atoms with van der Waals surface area (Å²) >= 11 is 0. The van der Waals surface area contributed by atoms with Crippen LogP contribution in [-0.2, 0) is 18.3 Å². The molecule has 1 aliphatic heterocycles. The highest BCUT2D eigenvalue weighted by atomic mass is 16.1. The van der Waals surface area contributed by atoms with Gasteiger partial charge in [-0.1, -0.05) is 0 Å². The normalized spacial score (nSPS) is 17.2. The maximum Gasteiger partial charge on any atom is 0.147 e. The van der Waals surface area contributed by atoms with Crippen LogP contribution < -0.4 is 5.32 Å². The second-order valence-corrected chi connectivity index (χ2v) is 4.51. The molecular weight excluding hydrogens is 216 g/mol. The first-order chi connectivity index (χ1) is 8.25. The Morgan fingerprint density at radius 3 is 2.88 bits per heavy atom. The van der Waals surface area contributed by atoms with Crippen LogP contribution >= 0.6 is 0 Å². The second kappa shape index (κ2) is 5.93. The van der Waals surface area contributed by atoms with Gasteiger partial charge in [0.25, 0.3) is 0 Å². The van der Waals surface area contributed by atoms with Crippen LogP contribution in [0.3, 0.4) is 0 Å². The summed E-state index contributed by atoms with van der Waals surface area (Å²) in [7, 11) is 1.91. The third kappa shape index (κ3) is 3.64. The molecule has 2 heterocycles. The highest BCUT2D eigenvalue weighted by molar-refractivity contribution is 5.80. The predicted octanol–water partition coefficient (Wildman–Crippen LogP) is -0.173. The van der Waals surface area contributed by atoms with Gasteiger partial charge in [-0.25, -0.2) is 0 Å². The Bertz CT molecular complexity index is 368. The lowest BCUT2D eigenvalue weighted by atomic mass is 10.1. The van der Waals surface area contributed by atoms with Gasteiger partial charge in [0.15, 0.2) is 0 Å². The number of nitrogens with zero attached hydrogens (tertiary/aromatic N) is 3. The zero-order chi connectivity index (χ0) is 12.1. The summed E-state index contributed by atoms with van der Waals surface area (Å²) in [6.45, 7) is 4.55. The van der Waals surface area contributed by atoms with Crippen molar-refractivity contribution in [1.29, 1.82) is 0 Å². The van der Waals surface area contributed by atoms with Gasteiger partial charge in [0, 0.05) is 51.5 Å². The molecule has 94 valence electrons. The average Bonchev–Trinajstić information content (AvgIpc) is 2.74. The number of carbonyl (C=O) groups is 1. The van der Waals surface area contributed by atoms with E-state index in [0.717, 1.165) is 38.3 Å². The molecule has 0 aromatic carbocycles. The van der Waals surface area contributed by atoms with Gasteiger partial charge in [0.1, 0.15) is 5.78 Å². The summed E-state index contributed by atoms with van der Waals surface area (Å²) in [6, 6.07) is 1.97. The van der Waals surface area contributed by atoms with Gasteiger partial charge in [0.2, 0.25) is 0 Å². The van der Waals surface area contributed by atoms with Gasteiger partial charge in [-0.2, -0.15) is 5.10 Å². The van der Waals surface area contributed by atoms with E-state index in [9.17, 15) is 4.79 Å². The minimum Gasteiger partial charge on any atom is -0.314 e. The van der Waals surface area contributed by atoms with Crippen molar-refractivity contribution in [3.05, 3.63) is 18.0 Å². The molecule has 0 bridgehead atoms. The summed E-state index contributed by atoms with van der Waals surface area (Å²) in [4.78, 5) is 14.1. The molecule has 1 aromatic rings. The summed E-state index contributed by atoms with van der Waals surface area (Å²) in [5.74, 6) is 0.327. The van der Waals surface area contributed by atoms with Crippen molar-refractivity contribution in [2.75, 3.05) is 32.7 Å². The fraction of sp³-hybridized carbons (Fsp3) is 0.667. The Labute approximate surface area is 102 Å². The Morgan fingerprint density at radius 1 is 1.47 bits per heavy atom. The lowest BCUT2D eigenvalue weighted by Crippen LogP contribution is -2.45. The van der Waals surface area contributed by atoms with E-state index in [0.29, 0.717) is 18.7 Å². The molecule has 0 radical (unpaired) electrons. The monoisotopic (exact) mass is 236 g/mol. The fourth-order valence-electron chi connectivity index (χ4n) is 2.11. The van der Waals surface area contributed by atoms with Crippen molar-refractivity contribution in [2.45, 2.75) is 12.8 Å². The summed E-state index contributed by atoms with van der Waals surface area (Å²) in [5.41, 5.74) is 1.12. The van der Waals surface area contributed by atoms with Crippen LogP contribution in [0.4, 0.5) is 0 Å². The molecule has 1 aromatic heterocycles. The molecular formula is C12H20N4O. The number of rotatable bonds is 5. The zero-order valence-electron chi connectivity index (χ0n) is 10.4. The summed E-state index contributed by atoms with van der Waals surface area (Å²) in [6.07, 6.45) is 3.18. The SMILES string of the molecule is Cn1nccc1CCC(=O)CN1CCNCC1. The van der Waals surface area contributed by atoms with E-state index in [-0.39, 0.29) is 0 Å². The van der Waals surface area contributed by atoms with Gasteiger partial charge < -0.3 is 5.32 Å². The van der Waals surface area contributed by atoms with Crippen LogP contribution in [-0.4, -0.2) is 53.2 Å². The zero-order valence-corrected chi connectivity index (χ0v) is 10.4. The largest absolute Gasteiger partial charge is 0.314 e. The number of carbonyl (C=O) groups excluding carboxylic acids is 1. The minimum absolute atomic E-state index is 0.327. The Hall–Kier alpha value is -1.20. The van der Waals surface area contributed by atoms with Gasteiger partial charge in [-0.05, 0) is 12.5 Å². The number of piperazine rings is 1. The summed E-state index contributed by atoms with van der Waals surface area (Å²) < 4.78 is 1.83. The number of aryl methyl sites for hydroxylation is 2. The first-order valence-corrected chi connectivity index (χ1v) is 6.17. The van der Waals surface area contributed by atoms with Crippen molar-refractivity contribution < 1.29 is 4.79 Å². The summed E-state index contributed by atoms with van der Waals surface area (Å²) in [5, 5.41) is 7.38. The van der Waals surface area contributed by atoms with Crippen molar-refractivity contribution in [3.8, 4) is 0 Å². The first kappa shape index (κ1) is 12.3. The molecule has 1 fully saturated rings. The lowest BCUT2D eigenvalue weighted by Gasteiger charge is -2.26. The third-order valence-corrected chi connectivity index (χ3v) is 3.19. The van der Waals surface area contributed by atoms with E-state index in [2.05, 4.69) is 15.3 Å². The Kier molecular flexibility index (Phi) is 4.28. The molecule has 0 saturated carbocycles. The number of aromatic nitrogens is 2. The highest BCUT2D eigenvalue weighted by Crippen LogP contribution is 2.02. The second-order valence-electron chi connectivity index (χ2n) is 4.51. The van der Waals surface area contributed by atoms with Gasteiger partial charge in [0.05, 0.1) is 6.54 Å². The van der Waals surface area contributed by atoms with Crippen molar-refractivity contribution in [2.24, 2.45) is 7.05 Å². The molecule has 1 aliphatic rings. The number of hydrogen-bond acceptors (Lipinski definition) is 4. The van der Waals surface area contributed by atoms with Crippen LogP contribution in [0.5, 0.6) is 0 Å². The van der Waals surface area contributed by atoms with Gasteiger partial charge >= 0.3 is 0 Å². The van der Waals surface area contributed by atoms with Crippen LogP contribution in [0.15, 0.2) is 12.3 Å². The third-order valence-electron chi connectivity index (χ3n) is 3.19. The van der Waals surface area contributed by atoms with E-state index in [1.807, 2.05) is 17.8 Å². The van der Waals surface area contributed by atoms with Crippen LogP contribution in [0.25, 0.3) is 0 Å². The maximum atomic E-state index is 11.8. The molecule has 0 unspecified atom stereocenters. The number of nitrogens with one attached hydrogen (secondary N) is 1. The van der Waals surface area contributed by atoms with E-state index in [1.165, 1.54) is 0 Å². The number of Topliss-reactive ketones (excluding diaryl/α,β-unsaturated/α-hetero) is 1. The predicted molar refractivity (Wildman–Crippen MR) is 65.8 cm³/mol. The Morgan fingerprint density at radius 2 is 2.24 bits per heavy atom. The molecule has 0 spiro atoms. The average molecular weight is 236 g/mol. The standard InChI is InChI=1S/C12H20N4O/c1-15-11(4-5-14-15)2-3-12(17)10-16-8-6-13-7-9-16/h4-5,13H,2-3,6-10H2,1H3. The van der Waals surface area contributed by atoms with E-state index < -0.39 is 0 Å². The molecule has 0 amide bonds. The highest BCUT2D eigenvalue weighted by Gasteiger charge is 2.13. The van der Waals surface area contributed by atoms with Crippen molar-refractivity contribution in [3.63, 3.8) is 0 Å². The van der Waals surface area contributed by atoms with Gasteiger partial charge in [-0.3, -0.25) is 14.4 Å². The smallest absolute Gasteiger partial charge is 0.147 e. The molecule has 5 nitrogen and oxygen atoms in total. The quantitative estimate of drug-likeness (QED) is 0.771. The molecule has 0 atom stereocenters. The first-order valence-electron chi connectivity index (χ1n) is 6.17. The van der Waals surface area contributed by atoms with Gasteiger partial charge in [-0.15, -0.1) is 0 Å². The molecule has 1 saturated heterocycles. The van der Waals surface area contributed by atoms with E-state index in [4.69, 9.17) is 0 Å².